The summed E-state index contributed by atoms with van der Waals surface area (Å²) in [5.41, 5.74) is 1.08. The topological polar surface area (TPSA) is 47.0 Å². The van der Waals surface area contributed by atoms with Gasteiger partial charge in [-0.2, -0.15) is 0 Å². The van der Waals surface area contributed by atoms with Gasteiger partial charge in [-0.3, -0.25) is 0 Å². The van der Waals surface area contributed by atoms with Gasteiger partial charge in [-0.25, -0.2) is 9.97 Å². The number of hydrogen-bond donors (Lipinski definition) is 1. The summed E-state index contributed by atoms with van der Waals surface area (Å²) in [6, 6.07) is 1.99. The molecule has 0 saturated carbocycles. The summed E-state index contributed by atoms with van der Waals surface area (Å²) in [7, 11) is 1.70. The number of nitrogens with zero attached hydrogens (tertiary/aromatic N) is 2. The van der Waals surface area contributed by atoms with Crippen LogP contribution in [0.1, 0.15) is 26.0 Å². The fraction of sp³-hybridized carbons (Fsp3) is 0.636. The van der Waals surface area contributed by atoms with Crippen molar-refractivity contribution in [1.29, 1.82) is 0 Å². The smallest absolute Gasteiger partial charge is 0.129 e. The first-order chi connectivity index (χ1) is 7.26. The molecule has 0 bridgehead atoms. The minimum Gasteiger partial charge on any atom is -0.380 e. The zero-order valence-electron chi connectivity index (χ0n) is 9.66. The molecule has 0 aliphatic heterocycles. The van der Waals surface area contributed by atoms with Crippen LogP contribution < -0.4 is 5.32 Å². The molecule has 15 heavy (non-hydrogen) atoms. The Labute approximate surface area is 91.1 Å². The van der Waals surface area contributed by atoms with E-state index in [9.17, 15) is 0 Å². The summed E-state index contributed by atoms with van der Waals surface area (Å²) in [6.07, 6.45) is 3.89. The summed E-state index contributed by atoms with van der Waals surface area (Å²) in [4.78, 5) is 8.34. The van der Waals surface area contributed by atoms with Gasteiger partial charge in [0.05, 0.1) is 6.10 Å². The molecule has 0 amide bonds. The molecule has 1 heterocycles. The highest BCUT2D eigenvalue weighted by Crippen LogP contribution is 2.06. The van der Waals surface area contributed by atoms with Crippen molar-refractivity contribution in [2.24, 2.45) is 0 Å². The minimum absolute atomic E-state index is 0.189. The van der Waals surface area contributed by atoms with E-state index >= 15 is 0 Å². The SMILES string of the molecule is CCCc1cc(NCC(C)OC)ncn1. The van der Waals surface area contributed by atoms with Gasteiger partial charge >= 0.3 is 0 Å². The molecule has 1 atom stereocenters. The van der Waals surface area contributed by atoms with E-state index in [1.807, 2.05) is 13.0 Å². The van der Waals surface area contributed by atoms with Crippen LogP contribution in [0.15, 0.2) is 12.4 Å². The van der Waals surface area contributed by atoms with E-state index in [1.165, 1.54) is 0 Å². The first kappa shape index (κ1) is 11.9. The number of anilines is 1. The summed E-state index contributed by atoms with van der Waals surface area (Å²) >= 11 is 0. The number of ether oxygens (including phenoxy) is 1. The Hall–Kier alpha value is -1.16. The molecule has 0 fully saturated rings. The van der Waals surface area contributed by atoms with Crippen LogP contribution in [0.4, 0.5) is 5.82 Å². The molecular formula is C11H19N3O. The van der Waals surface area contributed by atoms with Crippen LogP contribution in [0.2, 0.25) is 0 Å². The molecule has 4 nitrogen and oxygen atoms in total. The Bertz CT molecular complexity index is 291. The molecule has 0 aliphatic carbocycles. The fourth-order valence-corrected chi connectivity index (χ4v) is 1.22. The van der Waals surface area contributed by atoms with Crippen molar-refractivity contribution in [3.8, 4) is 0 Å². The highest BCUT2D eigenvalue weighted by Gasteiger charge is 2.01. The van der Waals surface area contributed by atoms with Crippen molar-refractivity contribution < 1.29 is 4.74 Å². The Morgan fingerprint density at radius 2 is 2.27 bits per heavy atom. The van der Waals surface area contributed by atoms with Crippen LogP contribution in [0.3, 0.4) is 0 Å². The summed E-state index contributed by atoms with van der Waals surface area (Å²) in [5.74, 6) is 0.873. The van der Waals surface area contributed by atoms with E-state index in [0.29, 0.717) is 0 Å². The Kier molecular flexibility index (Phi) is 5.04. The Morgan fingerprint density at radius 3 is 2.93 bits per heavy atom. The number of aromatic nitrogens is 2. The lowest BCUT2D eigenvalue weighted by molar-refractivity contribution is 0.128. The van der Waals surface area contributed by atoms with E-state index < -0.39 is 0 Å². The molecule has 1 rings (SSSR count). The molecule has 1 aromatic heterocycles. The van der Waals surface area contributed by atoms with Crippen molar-refractivity contribution >= 4 is 5.82 Å². The average Bonchev–Trinajstić information content (AvgIpc) is 2.27. The molecular weight excluding hydrogens is 190 g/mol. The van der Waals surface area contributed by atoms with Crippen LogP contribution in [0.5, 0.6) is 0 Å². The Balaban J connectivity index is 2.50. The van der Waals surface area contributed by atoms with E-state index in [4.69, 9.17) is 4.74 Å². The zero-order chi connectivity index (χ0) is 11.1. The maximum Gasteiger partial charge on any atom is 0.129 e. The predicted octanol–water partition coefficient (Wildman–Crippen LogP) is 1.88. The normalized spacial score (nSPS) is 12.5. The number of methoxy groups -OCH3 is 1. The molecule has 0 aromatic carbocycles. The third-order valence-electron chi connectivity index (χ3n) is 2.20. The summed E-state index contributed by atoms with van der Waals surface area (Å²) in [6.45, 7) is 4.92. The maximum absolute atomic E-state index is 5.14. The molecule has 1 unspecified atom stereocenters. The molecule has 84 valence electrons. The van der Waals surface area contributed by atoms with Gasteiger partial charge in [-0.1, -0.05) is 13.3 Å². The lowest BCUT2D eigenvalue weighted by Gasteiger charge is -2.11. The number of aryl methyl sites for hydroxylation is 1. The van der Waals surface area contributed by atoms with Gasteiger partial charge in [0, 0.05) is 25.4 Å². The van der Waals surface area contributed by atoms with E-state index in [-0.39, 0.29) is 6.10 Å². The van der Waals surface area contributed by atoms with E-state index in [1.54, 1.807) is 13.4 Å². The molecule has 0 radical (unpaired) electrons. The second kappa shape index (κ2) is 6.35. The van der Waals surface area contributed by atoms with E-state index in [2.05, 4.69) is 22.2 Å². The van der Waals surface area contributed by atoms with Gasteiger partial charge in [-0.15, -0.1) is 0 Å². The van der Waals surface area contributed by atoms with Crippen LogP contribution >= 0.6 is 0 Å². The molecule has 0 aliphatic rings. The first-order valence-electron chi connectivity index (χ1n) is 5.33. The number of rotatable bonds is 6. The van der Waals surface area contributed by atoms with Crippen molar-refractivity contribution in [3.05, 3.63) is 18.1 Å². The fourth-order valence-electron chi connectivity index (χ4n) is 1.22. The highest BCUT2D eigenvalue weighted by atomic mass is 16.5. The summed E-state index contributed by atoms with van der Waals surface area (Å²) < 4.78 is 5.14. The second-order valence-electron chi connectivity index (χ2n) is 3.57. The van der Waals surface area contributed by atoms with Crippen LogP contribution in [0, 0.1) is 0 Å². The third kappa shape index (κ3) is 4.25. The van der Waals surface area contributed by atoms with Gasteiger partial charge in [0.15, 0.2) is 0 Å². The maximum atomic E-state index is 5.14. The highest BCUT2D eigenvalue weighted by molar-refractivity contribution is 5.34. The largest absolute Gasteiger partial charge is 0.380 e. The summed E-state index contributed by atoms with van der Waals surface area (Å²) in [5, 5.41) is 3.22. The standard InChI is InChI=1S/C11H19N3O/c1-4-5-10-6-11(14-8-13-10)12-7-9(2)15-3/h6,8-9H,4-5,7H2,1-3H3,(H,12,13,14). The van der Waals surface area contributed by atoms with Crippen LogP contribution in [-0.2, 0) is 11.2 Å². The second-order valence-corrected chi connectivity index (χ2v) is 3.57. The molecule has 1 N–H and O–H groups in total. The Morgan fingerprint density at radius 1 is 1.47 bits per heavy atom. The van der Waals surface area contributed by atoms with Crippen molar-refractivity contribution in [2.45, 2.75) is 32.8 Å². The lowest BCUT2D eigenvalue weighted by Crippen LogP contribution is -2.18. The lowest BCUT2D eigenvalue weighted by atomic mass is 10.2. The van der Waals surface area contributed by atoms with Gasteiger partial charge in [0.25, 0.3) is 0 Å². The van der Waals surface area contributed by atoms with Gasteiger partial charge in [0.2, 0.25) is 0 Å². The number of hydrogen-bond acceptors (Lipinski definition) is 4. The van der Waals surface area contributed by atoms with Crippen molar-refractivity contribution in [2.75, 3.05) is 19.0 Å². The zero-order valence-corrected chi connectivity index (χ0v) is 9.66. The molecule has 4 heteroatoms. The van der Waals surface area contributed by atoms with E-state index in [0.717, 1.165) is 30.9 Å². The van der Waals surface area contributed by atoms with Gasteiger partial charge in [0.1, 0.15) is 12.1 Å². The minimum atomic E-state index is 0.189. The van der Waals surface area contributed by atoms with Gasteiger partial charge < -0.3 is 10.1 Å². The molecule has 0 saturated heterocycles. The molecule has 0 spiro atoms. The predicted molar refractivity (Wildman–Crippen MR) is 61.0 cm³/mol. The number of nitrogens with one attached hydrogen (secondary N) is 1. The third-order valence-corrected chi connectivity index (χ3v) is 2.20. The average molecular weight is 209 g/mol. The van der Waals surface area contributed by atoms with Gasteiger partial charge in [-0.05, 0) is 13.3 Å². The van der Waals surface area contributed by atoms with Crippen LogP contribution in [-0.4, -0.2) is 29.7 Å². The monoisotopic (exact) mass is 209 g/mol. The quantitative estimate of drug-likeness (QED) is 0.777. The van der Waals surface area contributed by atoms with Crippen LogP contribution in [0.25, 0.3) is 0 Å². The van der Waals surface area contributed by atoms with Crippen molar-refractivity contribution in [1.82, 2.24) is 9.97 Å². The van der Waals surface area contributed by atoms with Crippen molar-refractivity contribution in [3.63, 3.8) is 0 Å². The first-order valence-corrected chi connectivity index (χ1v) is 5.33. The molecule has 1 aromatic rings.